The van der Waals surface area contributed by atoms with Crippen LogP contribution in [0.25, 0.3) is 0 Å². The van der Waals surface area contributed by atoms with Crippen LogP contribution in [0.15, 0.2) is 12.4 Å². The molecule has 1 N–H and O–H groups in total. The molecule has 8 nitrogen and oxygen atoms in total. The van der Waals surface area contributed by atoms with Crippen LogP contribution in [-0.2, 0) is 14.3 Å². The smallest absolute Gasteiger partial charge is 0.348 e. The predicted molar refractivity (Wildman–Crippen MR) is 102 cm³/mol. The van der Waals surface area contributed by atoms with Gasteiger partial charge in [0, 0.05) is 6.20 Å². The maximum Gasteiger partial charge on any atom is 0.348 e. The summed E-state index contributed by atoms with van der Waals surface area (Å²) in [5.41, 5.74) is 0.547. The van der Waals surface area contributed by atoms with Crippen LogP contribution in [-0.4, -0.2) is 40.8 Å². The number of carbonyl (C=O) groups is 3. The highest BCUT2D eigenvalue weighted by molar-refractivity contribution is 7.18. The molecule has 10 heteroatoms. The largest absolute Gasteiger partial charge is 0.462 e. The van der Waals surface area contributed by atoms with Crippen molar-refractivity contribution in [3.63, 3.8) is 0 Å². The summed E-state index contributed by atoms with van der Waals surface area (Å²) in [5.74, 6) is -1.60. The number of carbonyl (C=O) groups excluding carboxylic acids is 3. The van der Waals surface area contributed by atoms with Crippen LogP contribution in [0.4, 0.5) is 5.00 Å². The number of nitrogens with one attached hydrogen (secondary N) is 1. The number of ether oxygens (including phenoxy) is 2. The third-order valence-corrected chi connectivity index (χ3v) is 5.05. The lowest BCUT2D eigenvalue weighted by Gasteiger charge is -2.12. The molecule has 0 saturated heterocycles. The molecule has 0 aromatic carbocycles. The Morgan fingerprint density at radius 2 is 1.89 bits per heavy atom. The standard InChI is InChI=1S/C17H20ClN3O5S/c1-5-25-16(23)12-9(3)13(17(24)26-6-2)27-15(12)20-14(22)10(4)21-8-11(18)7-19-21/h7-8,10H,5-6H2,1-4H3,(H,20,22). The summed E-state index contributed by atoms with van der Waals surface area (Å²) in [6, 6.07) is -0.680. The summed E-state index contributed by atoms with van der Waals surface area (Å²) in [6.45, 7) is 6.97. The topological polar surface area (TPSA) is 99.5 Å². The minimum atomic E-state index is -0.680. The number of thiophene rings is 1. The van der Waals surface area contributed by atoms with Gasteiger partial charge in [-0.25, -0.2) is 9.59 Å². The highest BCUT2D eigenvalue weighted by Gasteiger charge is 2.28. The molecular weight excluding hydrogens is 394 g/mol. The fourth-order valence-electron chi connectivity index (χ4n) is 2.31. The van der Waals surface area contributed by atoms with Gasteiger partial charge < -0.3 is 14.8 Å². The number of aromatic nitrogens is 2. The number of rotatable bonds is 7. The van der Waals surface area contributed by atoms with Gasteiger partial charge in [-0.1, -0.05) is 11.6 Å². The lowest BCUT2D eigenvalue weighted by atomic mass is 10.1. The minimum absolute atomic E-state index is 0.143. The maximum absolute atomic E-state index is 12.6. The van der Waals surface area contributed by atoms with Gasteiger partial charge in [-0.05, 0) is 33.3 Å². The second kappa shape index (κ2) is 9.01. The second-order valence-electron chi connectivity index (χ2n) is 5.51. The number of hydrogen-bond donors (Lipinski definition) is 1. The van der Waals surface area contributed by atoms with Gasteiger partial charge in [-0.2, -0.15) is 5.10 Å². The molecule has 1 unspecified atom stereocenters. The predicted octanol–water partition coefficient (Wildman–Crippen LogP) is 3.46. The molecule has 2 aromatic heterocycles. The second-order valence-corrected chi connectivity index (χ2v) is 6.96. The number of esters is 2. The molecule has 0 aliphatic heterocycles. The lowest BCUT2D eigenvalue weighted by Crippen LogP contribution is -2.24. The van der Waals surface area contributed by atoms with Gasteiger partial charge in [0.1, 0.15) is 15.9 Å². The zero-order valence-electron chi connectivity index (χ0n) is 15.4. The molecule has 1 atom stereocenters. The average molecular weight is 414 g/mol. The summed E-state index contributed by atoms with van der Waals surface area (Å²) in [4.78, 5) is 37.3. The fourth-order valence-corrected chi connectivity index (χ4v) is 3.54. The molecule has 0 spiro atoms. The third kappa shape index (κ3) is 4.67. The van der Waals surface area contributed by atoms with E-state index >= 15 is 0 Å². The monoisotopic (exact) mass is 413 g/mol. The van der Waals surface area contributed by atoms with Gasteiger partial charge in [-0.3, -0.25) is 9.48 Å². The van der Waals surface area contributed by atoms with Crippen molar-refractivity contribution in [2.45, 2.75) is 33.7 Å². The lowest BCUT2D eigenvalue weighted by molar-refractivity contribution is -0.119. The molecule has 2 aromatic rings. The number of nitrogens with zero attached hydrogens (tertiary/aromatic N) is 2. The van der Waals surface area contributed by atoms with E-state index in [9.17, 15) is 14.4 Å². The van der Waals surface area contributed by atoms with Crippen molar-refractivity contribution in [3.8, 4) is 0 Å². The maximum atomic E-state index is 12.6. The molecule has 27 heavy (non-hydrogen) atoms. The molecular formula is C17H20ClN3O5S. The van der Waals surface area contributed by atoms with Crippen molar-refractivity contribution in [3.05, 3.63) is 33.4 Å². The van der Waals surface area contributed by atoms with Gasteiger partial charge in [0.2, 0.25) is 5.91 Å². The fraction of sp³-hybridized carbons (Fsp3) is 0.412. The average Bonchev–Trinajstić information content (AvgIpc) is 3.18. The van der Waals surface area contributed by atoms with E-state index < -0.39 is 23.9 Å². The van der Waals surface area contributed by atoms with Gasteiger partial charge in [0.15, 0.2) is 0 Å². The highest BCUT2D eigenvalue weighted by Crippen LogP contribution is 2.34. The van der Waals surface area contributed by atoms with Gasteiger partial charge in [0.25, 0.3) is 0 Å². The van der Waals surface area contributed by atoms with Crippen LogP contribution >= 0.6 is 22.9 Å². The van der Waals surface area contributed by atoms with Crippen LogP contribution in [0.2, 0.25) is 5.02 Å². The molecule has 0 radical (unpaired) electrons. The molecule has 0 aliphatic carbocycles. The Balaban J connectivity index is 2.35. The van der Waals surface area contributed by atoms with Gasteiger partial charge >= 0.3 is 11.9 Å². The van der Waals surface area contributed by atoms with Crippen LogP contribution in [0.5, 0.6) is 0 Å². The normalized spacial score (nSPS) is 11.7. The van der Waals surface area contributed by atoms with E-state index in [0.29, 0.717) is 10.6 Å². The zero-order valence-corrected chi connectivity index (χ0v) is 16.9. The summed E-state index contributed by atoms with van der Waals surface area (Å²) in [6.07, 6.45) is 2.94. The Morgan fingerprint density at radius 3 is 2.44 bits per heavy atom. The minimum Gasteiger partial charge on any atom is -0.462 e. The molecule has 0 saturated carbocycles. The summed E-state index contributed by atoms with van der Waals surface area (Å²) < 4.78 is 11.5. The van der Waals surface area contributed by atoms with Crippen LogP contribution in [0, 0.1) is 6.92 Å². The Kier molecular flexibility index (Phi) is 6.98. The zero-order chi connectivity index (χ0) is 20.1. The van der Waals surface area contributed by atoms with Crippen molar-refractivity contribution in [2.75, 3.05) is 18.5 Å². The SMILES string of the molecule is CCOC(=O)c1sc(NC(=O)C(C)n2cc(Cl)cn2)c(C(=O)OCC)c1C. The van der Waals surface area contributed by atoms with Gasteiger partial charge in [0.05, 0.1) is 30.0 Å². The first-order chi connectivity index (χ1) is 12.8. The van der Waals surface area contributed by atoms with E-state index in [1.807, 2.05) is 0 Å². The van der Waals surface area contributed by atoms with Crippen molar-refractivity contribution < 1.29 is 23.9 Å². The molecule has 0 fully saturated rings. The number of hydrogen-bond acceptors (Lipinski definition) is 7. The van der Waals surface area contributed by atoms with E-state index in [0.717, 1.165) is 11.3 Å². The first-order valence-corrected chi connectivity index (χ1v) is 9.47. The highest BCUT2D eigenvalue weighted by atomic mass is 35.5. The summed E-state index contributed by atoms with van der Waals surface area (Å²) >= 11 is 6.81. The van der Waals surface area contributed by atoms with Gasteiger partial charge in [-0.15, -0.1) is 11.3 Å². The first-order valence-electron chi connectivity index (χ1n) is 8.28. The number of amides is 1. The Morgan fingerprint density at radius 1 is 1.26 bits per heavy atom. The molecule has 2 heterocycles. The number of halogens is 1. The van der Waals surface area contributed by atoms with Crippen molar-refractivity contribution in [1.82, 2.24) is 9.78 Å². The summed E-state index contributed by atoms with van der Waals surface area (Å²) in [5, 5.41) is 7.31. The van der Waals surface area contributed by atoms with Crippen LogP contribution in [0.1, 0.15) is 52.4 Å². The molecule has 146 valence electrons. The molecule has 0 bridgehead atoms. The van der Waals surface area contributed by atoms with Crippen molar-refractivity contribution in [1.29, 1.82) is 0 Å². The Bertz CT molecular complexity index is 861. The Labute approximate surface area is 165 Å². The summed E-state index contributed by atoms with van der Waals surface area (Å²) in [7, 11) is 0. The molecule has 1 amide bonds. The van der Waals surface area contributed by atoms with Crippen molar-refractivity contribution >= 4 is 45.8 Å². The van der Waals surface area contributed by atoms with E-state index in [1.54, 1.807) is 27.7 Å². The van der Waals surface area contributed by atoms with Crippen LogP contribution in [0.3, 0.4) is 0 Å². The number of anilines is 1. The quantitative estimate of drug-likeness (QED) is 0.698. The van der Waals surface area contributed by atoms with E-state index in [-0.39, 0.29) is 28.7 Å². The van der Waals surface area contributed by atoms with E-state index in [4.69, 9.17) is 21.1 Å². The first kappa shape index (κ1) is 20.9. The molecule has 2 rings (SSSR count). The van der Waals surface area contributed by atoms with E-state index in [2.05, 4.69) is 10.4 Å². The van der Waals surface area contributed by atoms with Crippen molar-refractivity contribution in [2.24, 2.45) is 0 Å². The molecule has 0 aliphatic rings. The van der Waals surface area contributed by atoms with Crippen LogP contribution < -0.4 is 5.32 Å². The third-order valence-electron chi connectivity index (χ3n) is 3.67. The van der Waals surface area contributed by atoms with E-state index in [1.165, 1.54) is 17.1 Å². The Hall–Kier alpha value is -2.39.